The zero-order valence-electron chi connectivity index (χ0n) is 17.6. The Kier molecular flexibility index (Phi) is 9.53. The number of rotatable bonds is 12. The molecular formula is C22H31NO6P+. The normalized spacial score (nSPS) is 14.7. The second kappa shape index (κ2) is 11.9. The summed E-state index contributed by atoms with van der Waals surface area (Å²) in [6.07, 6.45) is 0.237. The summed E-state index contributed by atoms with van der Waals surface area (Å²) in [6.45, 7) is 6.34. The Morgan fingerprint density at radius 3 is 2.40 bits per heavy atom. The Balaban J connectivity index is 1.76. The van der Waals surface area contributed by atoms with E-state index in [4.69, 9.17) is 9.26 Å². The SMILES string of the molecule is CC[P+](=O)OC(C)COc1ccc(CC(C)NCC(O)c2ccc(O)c(O)c2)cc1. The summed E-state index contributed by atoms with van der Waals surface area (Å²) in [5.74, 6) is 0.268. The summed E-state index contributed by atoms with van der Waals surface area (Å²) in [6, 6.07) is 12.2. The summed E-state index contributed by atoms with van der Waals surface area (Å²) in [7, 11) is -1.62. The first-order valence-corrected chi connectivity index (χ1v) is 11.4. The third-order valence-electron chi connectivity index (χ3n) is 4.55. The van der Waals surface area contributed by atoms with Crippen LogP contribution in [0.15, 0.2) is 42.5 Å². The van der Waals surface area contributed by atoms with Gasteiger partial charge in [-0.15, -0.1) is 4.52 Å². The third-order valence-corrected chi connectivity index (χ3v) is 5.66. The summed E-state index contributed by atoms with van der Waals surface area (Å²) >= 11 is 0. The van der Waals surface area contributed by atoms with Crippen molar-refractivity contribution in [2.45, 2.75) is 45.4 Å². The first-order valence-electron chi connectivity index (χ1n) is 10.0. The van der Waals surface area contributed by atoms with E-state index in [1.807, 2.05) is 45.0 Å². The predicted octanol–water partition coefficient (Wildman–Crippen LogP) is 3.90. The summed E-state index contributed by atoms with van der Waals surface area (Å²) in [5.41, 5.74) is 1.66. The minimum atomic E-state index is -1.62. The van der Waals surface area contributed by atoms with Crippen molar-refractivity contribution in [1.82, 2.24) is 5.32 Å². The van der Waals surface area contributed by atoms with Gasteiger partial charge < -0.3 is 25.4 Å². The molecule has 0 bridgehead atoms. The van der Waals surface area contributed by atoms with Gasteiger partial charge in [0.1, 0.15) is 18.5 Å². The summed E-state index contributed by atoms with van der Waals surface area (Å²) in [5, 5.41) is 32.4. The van der Waals surface area contributed by atoms with E-state index < -0.39 is 14.1 Å². The largest absolute Gasteiger partial charge is 0.508 e. The second-order valence-corrected chi connectivity index (χ2v) is 8.81. The Morgan fingerprint density at radius 2 is 1.77 bits per heavy atom. The molecule has 0 aromatic heterocycles. The first-order chi connectivity index (χ1) is 14.3. The van der Waals surface area contributed by atoms with E-state index in [0.717, 1.165) is 17.7 Å². The van der Waals surface area contributed by atoms with E-state index in [0.29, 0.717) is 24.9 Å². The molecule has 4 unspecified atom stereocenters. The molecule has 7 nitrogen and oxygen atoms in total. The molecule has 164 valence electrons. The average molecular weight is 436 g/mol. The van der Waals surface area contributed by atoms with Gasteiger partial charge in [-0.2, -0.15) is 0 Å². The van der Waals surface area contributed by atoms with Crippen LogP contribution in [0.1, 0.15) is 38.0 Å². The average Bonchev–Trinajstić information content (AvgIpc) is 2.73. The van der Waals surface area contributed by atoms with Crippen LogP contribution in [0.3, 0.4) is 0 Å². The van der Waals surface area contributed by atoms with Crippen molar-refractivity contribution in [2.24, 2.45) is 0 Å². The summed E-state index contributed by atoms with van der Waals surface area (Å²) in [4.78, 5) is 0. The number of aromatic hydroxyl groups is 2. The van der Waals surface area contributed by atoms with Crippen molar-refractivity contribution in [3.05, 3.63) is 53.6 Å². The monoisotopic (exact) mass is 436 g/mol. The minimum absolute atomic E-state index is 0.121. The molecule has 0 fully saturated rings. The Bertz CT molecular complexity index is 814. The number of phenols is 2. The number of hydrogen-bond donors (Lipinski definition) is 4. The molecule has 30 heavy (non-hydrogen) atoms. The van der Waals surface area contributed by atoms with Crippen molar-refractivity contribution in [3.63, 3.8) is 0 Å². The Labute approximate surface area is 178 Å². The molecule has 0 saturated carbocycles. The highest BCUT2D eigenvalue weighted by Crippen LogP contribution is 2.27. The van der Waals surface area contributed by atoms with Crippen LogP contribution in [-0.2, 0) is 15.5 Å². The van der Waals surface area contributed by atoms with Gasteiger partial charge in [0.05, 0.1) is 6.10 Å². The standard InChI is InChI=1S/C22H30NO6P/c1-4-30(27)29-16(3)14-28-19-8-5-17(6-9-19)11-15(2)23-13-22(26)18-7-10-20(24)21(25)12-18/h5-10,12,15-16,22-23,26H,4,11,13-14H2,1-3H3,(H-,24,25)/p+1. The van der Waals surface area contributed by atoms with Gasteiger partial charge in [-0.3, -0.25) is 0 Å². The van der Waals surface area contributed by atoms with Crippen LogP contribution in [0.5, 0.6) is 17.2 Å². The number of aliphatic hydroxyl groups excluding tert-OH is 1. The van der Waals surface area contributed by atoms with Gasteiger partial charge in [0, 0.05) is 12.6 Å². The highest BCUT2D eigenvalue weighted by Gasteiger charge is 2.19. The van der Waals surface area contributed by atoms with Crippen molar-refractivity contribution < 1.29 is 29.1 Å². The van der Waals surface area contributed by atoms with Crippen LogP contribution < -0.4 is 10.1 Å². The molecule has 0 aliphatic heterocycles. The lowest BCUT2D eigenvalue weighted by Crippen LogP contribution is -2.32. The van der Waals surface area contributed by atoms with Gasteiger partial charge in [0.25, 0.3) is 0 Å². The van der Waals surface area contributed by atoms with Gasteiger partial charge in [-0.25, -0.2) is 0 Å². The molecule has 0 aliphatic carbocycles. The number of ether oxygens (including phenoxy) is 1. The molecule has 2 rings (SSSR count). The van der Waals surface area contributed by atoms with E-state index in [2.05, 4.69) is 5.32 Å². The van der Waals surface area contributed by atoms with Crippen molar-refractivity contribution in [3.8, 4) is 17.2 Å². The highest BCUT2D eigenvalue weighted by atomic mass is 31.1. The Morgan fingerprint density at radius 1 is 1.07 bits per heavy atom. The van der Waals surface area contributed by atoms with Gasteiger partial charge in [0.2, 0.25) is 0 Å². The van der Waals surface area contributed by atoms with E-state index >= 15 is 0 Å². The number of benzene rings is 2. The highest BCUT2D eigenvalue weighted by molar-refractivity contribution is 7.39. The van der Waals surface area contributed by atoms with Crippen LogP contribution in [0.4, 0.5) is 0 Å². The lowest BCUT2D eigenvalue weighted by atomic mass is 10.1. The molecular weight excluding hydrogens is 405 g/mol. The van der Waals surface area contributed by atoms with Crippen LogP contribution in [0, 0.1) is 0 Å². The number of hydrogen-bond acceptors (Lipinski definition) is 7. The molecule has 0 saturated heterocycles. The fourth-order valence-corrected chi connectivity index (χ4v) is 3.46. The lowest BCUT2D eigenvalue weighted by molar-refractivity contribution is 0.151. The fraction of sp³-hybridized carbons (Fsp3) is 0.455. The van der Waals surface area contributed by atoms with Gasteiger partial charge in [0.15, 0.2) is 17.7 Å². The van der Waals surface area contributed by atoms with Crippen LogP contribution in [-0.4, -0.2) is 46.8 Å². The molecule has 4 N–H and O–H groups in total. The number of phenolic OH excluding ortho intramolecular Hbond substituents is 2. The topological polar surface area (TPSA) is 108 Å². The van der Waals surface area contributed by atoms with Crippen molar-refractivity contribution in [2.75, 3.05) is 19.3 Å². The molecule has 0 aliphatic rings. The second-order valence-electron chi connectivity index (χ2n) is 7.30. The van der Waals surface area contributed by atoms with Crippen molar-refractivity contribution in [1.29, 1.82) is 0 Å². The molecule has 2 aromatic rings. The van der Waals surface area contributed by atoms with E-state index in [1.54, 1.807) is 6.07 Å². The minimum Gasteiger partial charge on any atom is -0.504 e. The zero-order chi connectivity index (χ0) is 22.1. The predicted molar refractivity (Wildman–Crippen MR) is 117 cm³/mol. The lowest BCUT2D eigenvalue weighted by Gasteiger charge is -2.18. The smallest absolute Gasteiger partial charge is 0.504 e. The maximum atomic E-state index is 11.4. The number of aliphatic hydroxyl groups is 1. The third kappa shape index (κ3) is 7.92. The van der Waals surface area contributed by atoms with E-state index in [-0.39, 0.29) is 23.6 Å². The van der Waals surface area contributed by atoms with Crippen LogP contribution in [0.2, 0.25) is 0 Å². The van der Waals surface area contributed by atoms with Crippen LogP contribution >= 0.6 is 8.03 Å². The van der Waals surface area contributed by atoms with E-state index in [9.17, 15) is 19.9 Å². The molecule has 0 spiro atoms. The first kappa shape index (κ1) is 24.1. The Hall–Kier alpha value is -2.18. The van der Waals surface area contributed by atoms with Crippen molar-refractivity contribution >= 4 is 8.03 Å². The van der Waals surface area contributed by atoms with Gasteiger partial charge in [-0.05, 0) is 67.1 Å². The molecule has 8 heteroatoms. The zero-order valence-corrected chi connectivity index (χ0v) is 18.5. The molecule has 0 radical (unpaired) electrons. The van der Waals surface area contributed by atoms with Gasteiger partial charge in [-0.1, -0.05) is 18.2 Å². The molecule has 0 heterocycles. The van der Waals surface area contributed by atoms with Crippen LogP contribution in [0.25, 0.3) is 0 Å². The molecule has 0 amide bonds. The maximum absolute atomic E-state index is 11.4. The fourth-order valence-electron chi connectivity index (χ4n) is 2.85. The van der Waals surface area contributed by atoms with E-state index in [1.165, 1.54) is 12.1 Å². The van der Waals surface area contributed by atoms with Gasteiger partial charge >= 0.3 is 8.03 Å². The molecule has 2 aromatic carbocycles. The number of nitrogens with one attached hydrogen (secondary N) is 1. The summed E-state index contributed by atoms with van der Waals surface area (Å²) < 4.78 is 22.4. The maximum Gasteiger partial charge on any atom is 0.508 e. The molecule has 4 atom stereocenters. The quantitative estimate of drug-likeness (QED) is 0.295.